The Kier molecular flexibility index (Phi) is 4.63. The first-order valence-corrected chi connectivity index (χ1v) is 8.63. The van der Waals surface area contributed by atoms with Crippen LogP contribution < -0.4 is 15.0 Å². The summed E-state index contributed by atoms with van der Waals surface area (Å²) in [5.74, 6) is 0.584. The molecule has 1 aromatic heterocycles. The second-order valence-electron chi connectivity index (χ2n) is 5.07. The lowest BCUT2D eigenvalue weighted by Gasteiger charge is -2.16. The molecule has 2 heterocycles. The van der Waals surface area contributed by atoms with Gasteiger partial charge in [0.15, 0.2) is 5.13 Å². The smallest absolute Gasteiger partial charge is 0.252 e. The summed E-state index contributed by atoms with van der Waals surface area (Å²) in [7, 11) is 1.59. The fraction of sp³-hybridized carbons (Fsp3) is 0.333. The molecule has 116 valence electrons. The highest BCUT2D eigenvalue weighted by Crippen LogP contribution is 2.24. The van der Waals surface area contributed by atoms with Gasteiger partial charge in [0.1, 0.15) is 5.75 Å². The van der Waals surface area contributed by atoms with Crippen molar-refractivity contribution in [3.05, 3.63) is 39.8 Å². The van der Waals surface area contributed by atoms with E-state index in [1.807, 2.05) is 17.5 Å². The summed E-state index contributed by atoms with van der Waals surface area (Å²) in [5, 5.41) is 6.07. The lowest BCUT2D eigenvalue weighted by Crippen LogP contribution is -2.37. The van der Waals surface area contributed by atoms with Crippen molar-refractivity contribution >= 4 is 38.3 Å². The molecule has 22 heavy (non-hydrogen) atoms. The van der Waals surface area contributed by atoms with Crippen LogP contribution in [0.1, 0.15) is 16.8 Å². The van der Waals surface area contributed by atoms with Gasteiger partial charge in [-0.25, -0.2) is 4.98 Å². The Bertz CT molecular complexity index is 663. The highest BCUT2D eigenvalue weighted by atomic mass is 79.9. The third kappa shape index (κ3) is 3.25. The molecule has 0 unspecified atom stereocenters. The molecule has 2 aromatic rings. The summed E-state index contributed by atoms with van der Waals surface area (Å²) in [6.07, 6.45) is 2.73. The van der Waals surface area contributed by atoms with Crippen LogP contribution in [0.2, 0.25) is 0 Å². The van der Waals surface area contributed by atoms with Gasteiger partial charge < -0.3 is 15.0 Å². The summed E-state index contributed by atoms with van der Waals surface area (Å²) in [6.45, 7) is 1.71. The van der Waals surface area contributed by atoms with Crippen LogP contribution in [-0.2, 0) is 0 Å². The molecule has 0 radical (unpaired) electrons. The van der Waals surface area contributed by atoms with Gasteiger partial charge in [-0.1, -0.05) is 0 Å². The number of methoxy groups -OCH3 is 1. The van der Waals surface area contributed by atoms with E-state index in [4.69, 9.17) is 4.74 Å². The van der Waals surface area contributed by atoms with Crippen molar-refractivity contribution in [3.8, 4) is 5.75 Å². The zero-order chi connectivity index (χ0) is 15.5. The largest absolute Gasteiger partial charge is 0.497 e. The summed E-state index contributed by atoms with van der Waals surface area (Å²) in [5.41, 5.74) is 0.590. The average molecular weight is 382 g/mol. The molecule has 0 aliphatic carbocycles. The van der Waals surface area contributed by atoms with Crippen LogP contribution in [-0.4, -0.2) is 37.1 Å². The molecule has 1 aromatic carbocycles. The number of thiazole rings is 1. The minimum atomic E-state index is -0.0863. The second-order valence-corrected chi connectivity index (χ2v) is 6.79. The number of hydrogen-bond acceptors (Lipinski definition) is 5. The average Bonchev–Trinajstić information content (AvgIpc) is 3.18. The van der Waals surface area contributed by atoms with Crippen LogP contribution in [0.25, 0.3) is 0 Å². The second kappa shape index (κ2) is 6.66. The fourth-order valence-corrected chi connectivity index (χ4v) is 3.60. The van der Waals surface area contributed by atoms with Gasteiger partial charge in [0.05, 0.1) is 12.7 Å². The maximum atomic E-state index is 12.5. The molecular weight excluding hydrogens is 366 g/mol. The topological polar surface area (TPSA) is 54.5 Å². The van der Waals surface area contributed by atoms with E-state index in [0.717, 1.165) is 29.1 Å². The molecule has 1 N–H and O–H groups in total. The zero-order valence-corrected chi connectivity index (χ0v) is 14.5. The van der Waals surface area contributed by atoms with Crippen LogP contribution in [0.4, 0.5) is 5.13 Å². The van der Waals surface area contributed by atoms with Gasteiger partial charge in [-0.15, -0.1) is 11.3 Å². The van der Waals surface area contributed by atoms with Crippen molar-refractivity contribution < 1.29 is 9.53 Å². The first-order chi connectivity index (χ1) is 10.7. The fourth-order valence-electron chi connectivity index (χ4n) is 2.49. The SMILES string of the molecule is COc1ccc(Br)c(C(=O)N[C@H]2CCN(c3nccs3)C2)c1. The van der Waals surface area contributed by atoms with Crippen molar-refractivity contribution in [2.45, 2.75) is 12.5 Å². The Balaban J connectivity index is 1.65. The number of rotatable bonds is 4. The molecular formula is C15H16BrN3O2S. The van der Waals surface area contributed by atoms with E-state index in [-0.39, 0.29) is 11.9 Å². The number of amides is 1. The van der Waals surface area contributed by atoms with E-state index < -0.39 is 0 Å². The maximum absolute atomic E-state index is 12.5. The molecule has 1 fully saturated rings. The highest BCUT2D eigenvalue weighted by molar-refractivity contribution is 9.10. The monoisotopic (exact) mass is 381 g/mol. The third-order valence-corrected chi connectivity index (χ3v) is 5.16. The molecule has 7 heteroatoms. The number of halogens is 1. The van der Waals surface area contributed by atoms with Gasteiger partial charge in [0.2, 0.25) is 0 Å². The highest BCUT2D eigenvalue weighted by Gasteiger charge is 2.26. The Labute approximate surface area is 141 Å². The number of carbonyl (C=O) groups is 1. The number of nitrogens with one attached hydrogen (secondary N) is 1. The van der Waals surface area contributed by atoms with Gasteiger partial charge >= 0.3 is 0 Å². The van der Waals surface area contributed by atoms with E-state index in [2.05, 4.69) is 31.1 Å². The van der Waals surface area contributed by atoms with Gasteiger partial charge in [-0.05, 0) is 40.5 Å². The normalized spacial score (nSPS) is 17.5. The number of anilines is 1. The molecule has 5 nitrogen and oxygen atoms in total. The molecule has 1 amide bonds. The summed E-state index contributed by atoms with van der Waals surface area (Å²) in [6, 6.07) is 5.52. The number of benzene rings is 1. The van der Waals surface area contributed by atoms with Gasteiger partial charge in [-0.2, -0.15) is 0 Å². The van der Waals surface area contributed by atoms with Crippen molar-refractivity contribution in [2.24, 2.45) is 0 Å². The Morgan fingerprint density at radius 1 is 1.55 bits per heavy atom. The van der Waals surface area contributed by atoms with E-state index in [0.29, 0.717) is 11.3 Å². The zero-order valence-electron chi connectivity index (χ0n) is 12.1. The summed E-state index contributed by atoms with van der Waals surface area (Å²) < 4.78 is 5.94. The summed E-state index contributed by atoms with van der Waals surface area (Å²) >= 11 is 5.04. The standard InChI is InChI=1S/C15H16BrN3O2S/c1-21-11-2-3-13(16)12(8-11)14(20)18-10-4-6-19(9-10)15-17-5-7-22-15/h2-3,5,7-8,10H,4,6,9H2,1H3,(H,18,20)/t10-/m0/s1. The van der Waals surface area contributed by atoms with Gasteiger partial charge in [0, 0.05) is 35.2 Å². The van der Waals surface area contributed by atoms with Crippen molar-refractivity contribution in [1.29, 1.82) is 0 Å². The van der Waals surface area contributed by atoms with Crippen molar-refractivity contribution in [3.63, 3.8) is 0 Å². The van der Waals surface area contributed by atoms with Gasteiger partial charge in [0.25, 0.3) is 5.91 Å². The minimum Gasteiger partial charge on any atom is -0.497 e. The lowest BCUT2D eigenvalue weighted by molar-refractivity contribution is 0.0939. The number of nitrogens with zero attached hydrogens (tertiary/aromatic N) is 2. The minimum absolute atomic E-state index is 0.0863. The Hall–Kier alpha value is -1.60. The molecule has 1 saturated heterocycles. The van der Waals surface area contributed by atoms with Crippen LogP contribution in [0.3, 0.4) is 0 Å². The lowest BCUT2D eigenvalue weighted by atomic mass is 10.1. The maximum Gasteiger partial charge on any atom is 0.252 e. The van der Waals surface area contributed by atoms with Gasteiger partial charge in [-0.3, -0.25) is 4.79 Å². The van der Waals surface area contributed by atoms with Crippen LogP contribution >= 0.6 is 27.3 Å². The molecule has 0 saturated carbocycles. The van der Waals surface area contributed by atoms with E-state index in [1.54, 1.807) is 30.7 Å². The quantitative estimate of drug-likeness (QED) is 0.884. The first-order valence-electron chi connectivity index (χ1n) is 6.96. The predicted octanol–water partition coefficient (Wildman–Crippen LogP) is 2.92. The molecule has 0 bridgehead atoms. The first kappa shape index (κ1) is 15.3. The number of carbonyl (C=O) groups excluding carboxylic acids is 1. The molecule has 3 rings (SSSR count). The summed E-state index contributed by atoms with van der Waals surface area (Å²) in [4.78, 5) is 19.0. The molecule has 1 aliphatic rings. The third-order valence-electron chi connectivity index (χ3n) is 3.63. The Morgan fingerprint density at radius 2 is 2.41 bits per heavy atom. The number of aromatic nitrogens is 1. The van der Waals surface area contributed by atoms with E-state index in [1.165, 1.54) is 0 Å². The van der Waals surface area contributed by atoms with Crippen molar-refractivity contribution in [2.75, 3.05) is 25.1 Å². The van der Waals surface area contributed by atoms with Crippen LogP contribution in [0.15, 0.2) is 34.2 Å². The Morgan fingerprint density at radius 3 is 3.14 bits per heavy atom. The molecule has 0 spiro atoms. The van der Waals surface area contributed by atoms with Crippen LogP contribution in [0, 0.1) is 0 Å². The van der Waals surface area contributed by atoms with Crippen LogP contribution in [0.5, 0.6) is 5.75 Å². The molecule has 1 atom stereocenters. The molecule has 1 aliphatic heterocycles. The number of hydrogen-bond donors (Lipinski definition) is 1. The predicted molar refractivity (Wildman–Crippen MR) is 90.9 cm³/mol. The number of ether oxygens (including phenoxy) is 1. The van der Waals surface area contributed by atoms with E-state index in [9.17, 15) is 4.79 Å². The van der Waals surface area contributed by atoms with Crippen molar-refractivity contribution in [1.82, 2.24) is 10.3 Å². The van der Waals surface area contributed by atoms with E-state index >= 15 is 0 Å².